The van der Waals surface area contributed by atoms with Gasteiger partial charge in [-0.25, -0.2) is 0 Å². The van der Waals surface area contributed by atoms with Gasteiger partial charge >= 0.3 is 0 Å². The van der Waals surface area contributed by atoms with Gasteiger partial charge in [0.15, 0.2) is 5.11 Å². The number of nitrogens with zero attached hydrogens (tertiary/aromatic N) is 4. The second-order valence-electron chi connectivity index (χ2n) is 8.27. The van der Waals surface area contributed by atoms with Crippen molar-refractivity contribution in [1.82, 2.24) is 24.8 Å². The Labute approximate surface area is 183 Å². The van der Waals surface area contributed by atoms with Gasteiger partial charge in [-0.15, -0.1) is 0 Å². The summed E-state index contributed by atoms with van der Waals surface area (Å²) in [6.45, 7) is 2.15. The first-order chi connectivity index (χ1) is 14.7. The molecule has 0 spiro atoms. The Bertz CT molecular complexity index is 1010. The molecular weight excluding hydrogens is 390 g/mol. The number of aryl methyl sites for hydroxylation is 1. The van der Waals surface area contributed by atoms with E-state index in [9.17, 15) is 0 Å². The Morgan fingerprint density at radius 1 is 1.00 bits per heavy atom. The molecule has 3 aromatic rings. The molecule has 2 atom stereocenters. The molecule has 1 saturated carbocycles. The molecule has 1 N–H and O–H groups in total. The molecule has 1 aliphatic carbocycles. The van der Waals surface area contributed by atoms with Crippen molar-refractivity contribution in [3.8, 4) is 5.69 Å². The van der Waals surface area contributed by atoms with E-state index in [0.717, 1.165) is 16.5 Å². The topological polar surface area (TPSA) is 46.0 Å². The van der Waals surface area contributed by atoms with Crippen molar-refractivity contribution in [1.29, 1.82) is 0 Å². The Morgan fingerprint density at radius 3 is 2.60 bits per heavy atom. The van der Waals surface area contributed by atoms with Crippen molar-refractivity contribution in [3.63, 3.8) is 0 Å². The lowest BCUT2D eigenvalue weighted by Crippen LogP contribution is -2.40. The van der Waals surface area contributed by atoms with Gasteiger partial charge in [0.1, 0.15) is 0 Å². The summed E-state index contributed by atoms with van der Waals surface area (Å²) in [4.78, 5) is 11.5. The Morgan fingerprint density at radius 2 is 1.87 bits per heavy atom. The first kappa shape index (κ1) is 19.2. The smallest absolute Gasteiger partial charge is 0.170 e. The van der Waals surface area contributed by atoms with Crippen LogP contribution in [0.2, 0.25) is 0 Å². The van der Waals surface area contributed by atoms with Gasteiger partial charge in [0.2, 0.25) is 0 Å². The van der Waals surface area contributed by atoms with Gasteiger partial charge in [0.25, 0.3) is 0 Å². The van der Waals surface area contributed by atoms with Crippen LogP contribution in [0.1, 0.15) is 61.3 Å². The minimum absolute atomic E-state index is 0.0188. The molecule has 0 unspecified atom stereocenters. The molecule has 2 fully saturated rings. The SMILES string of the molecule is Cc1ccc([C@H]2[C@@H](c3ccccn3)NC(=S)N2C2CCCCC2)n1-c1cccnc1. The monoisotopic (exact) mass is 417 g/mol. The van der Waals surface area contributed by atoms with Crippen LogP contribution in [-0.2, 0) is 0 Å². The highest BCUT2D eigenvalue weighted by atomic mass is 32.1. The predicted molar refractivity (Wildman–Crippen MR) is 122 cm³/mol. The number of hydrogen-bond donors (Lipinski definition) is 1. The number of pyridine rings is 2. The maximum absolute atomic E-state index is 5.91. The molecule has 30 heavy (non-hydrogen) atoms. The van der Waals surface area contributed by atoms with Crippen LogP contribution >= 0.6 is 12.2 Å². The molecule has 0 amide bonds. The summed E-state index contributed by atoms with van der Waals surface area (Å²) in [6.07, 6.45) is 11.9. The lowest BCUT2D eigenvalue weighted by Gasteiger charge is -2.37. The third-order valence-corrected chi connectivity index (χ3v) is 6.75. The number of aromatic nitrogens is 3. The summed E-state index contributed by atoms with van der Waals surface area (Å²) in [7, 11) is 0. The third kappa shape index (κ3) is 3.39. The van der Waals surface area contributed by atoms with Crippen LogP contribution in [0.15, 0.2) is 61.1 Å². The normalized spacial score (nSPS) is 22.3. The average Bonchev–Trinajstić information content (AvgIpc) is 3.35. The minimum atomic E-state index is 0.0188. The summed E-state index contributed by atoms with van der Waals surface area (Å²) in [6, 6.07) is 15.2. The fraction of sp³-hybridized carbons (Fsp3) is 0.375. The zero-order valence-corrected chi connectivity index (χ0v) is 18.1. The van der Waals surface area contributed by atoms with E-state index in [1.54, 1.807) is 0 Å². The van der Waals surface area contributed by atoms with Crippen molar-refractivity contribution in [3.05, 3.63) is 78.1 Å². The van der Waals surface area contributed by atoms with E-state index in [1.807, 2.05) is 30.7 Å². The van der Waals surface area contributed by atoms with Crippen molar-refractivity contribution in [2.75, 3.05) is 0 Å². The van der Waals surface area contributed by atoms with Gasteiger partial charge in [0.05, 0.1) is 29.7 Å². The summed E-state index contributed by atoms with van der Waals surface area (Å²) in [5.74, 6) is 0. The van der Waals surface area contributed by atoms with E-state index in [2.05, 4.69) is 62.0 Å². The van der Waals surface area contributed by atoms with E-state index in [4.69, 9.17) is 12.2 Å². The number of thiocarbonyl (C=S) groups is 1. The van der Waals surface area contributed by atoms with Crippen LogP contribution in [0.3, 0.4) is 0 Å². The quantitative estimate of drug-likeness (QED) is 0.613. The number of nitrogens with one attached hydrogen (secondary N) is 1. The molecule has 5 nitrogen and oxygen atoms in total. The summed E-state index contributed by atoms with van der Waals surface area (Å²) < 4.78 is 2.32. The van der Waals surface area contributed by atoms with Crippen LogP contribution in [0.25, 0.3) is 5.69 Å². The van der Waals surface area contributed by atoms with Gasteiger partial charge in [0, 0.05) is 29.8 Å². The lowest BCUT2D eigenvalue weighted by atomic mass is 9.92. The highest BCUT2D eigenvalue weighted by Gasteiger charge is 2.44. The second kappa shape index (κ2) is 8.19. The highest BCUT2D eigenvalue weighted by molar-refractivity contribution is 7.80. The van der Waals surface area contributed by atoms with E-state index in [1.165, 1.54) is 43.5 Å². The fourth-order valence-electron chi connectivity index (χ4n) is 5.06. The second-order valence-corrected chi connectivity index (χ2v) is 8.66. The van der Waals surface area contributed by atoms with Gasteiger partial charge in [-0.1, -0.05) is 25.3 Å². The van der Waals surface area contributed by atoms with Crippen LogP contribution in [0, 0.1) is 6.92 Å². The molecule has 3 aromatic heterocycles. The standard InChI is InChI=1S/C24H27N5S/c1-17-12-13-21(28(17)19-10-7-14-25-16-19)23-22(20-11-5-6-15-26-20)27-24(30)29(23)18-8-3-2-4-9-18/h5-7,10-16,18,22-23H,2-4,8-9H2,1H3,(H,27,30)/t22-,23+/m1/s1. The average molecular weight is 418 g/mol. The van der Waals surface area contributed by atoms with Crippen molar-refractivity contribution < 1.29 is 0 Å². The first-order valence-electron chi connectivity index (χ1n) is 10.8. The predicted octanol–water partition coefficient (Wildman–Crippen LogP) is 4.88. The van der Waals surface area contributed by atoms with Crippen LogP contribution in [0.5, 0.6) is 0 Å². The summed E-state index contributed by atoms with van der Waals surface area (Å²) in [5, 5.41) is 4.47. The van der Waals surface area contributed by atoms with Crippen molar-refractivity contribution in [2.24, 2.45) is 0 Å². The largest absolute Gasteiger partial charge is 0.352 e. The molecular formula is C24H27N5S. The molecule has 1 aliphatic heterocycles. The van der Waals surface area contributed by atoms with Crippen molar-refractivity contribution in [2.45, 2.75) is 57.2 Å². The maximum Gasteiger partial charge on any atom is 0.170 e. The van der Waals surface area contributed by atoms with Crippen molar-refractivity contribution >= 4 is 17.3 Å². The molecule has 0 radical (unpaired) electrons. The van der Waals surface area contributed by atoms with Crippen LogP contribution in [-0.4, -0.2) is 30.6 Å². The Hall–Kier alpha value is -2.73. The van der Waals surface area contributed by atoms with E-state index >= 15 is 0 Å². The molecule has 0 aromatic carbocycles. The van der Waals surface area contributed by atoms with E-state index < -0.39 is 0 Å². The van der Waals surface area contributed by atoms with E-state index in [0.29, 0.717) is 6.04 Å². The van der Waals surface area contributed by atoms with Gasteiger partial charge in [-0.2, -0.15) is 0 Å². The highest BCUT2D eigenvalue weighted by Crippen LogP contribution is 2.43. The van der Waals surface area contributed by atoms with E-state index in [-0.39, 0.29) is 12.1 Å². The Kier molecular flexibility index (Phi) is 5.25. The van der Waals surface area contributed by atoms with Gasteiger partial charge < -0.3 is 14.8 Å². The van der Waals surface area contributed by atoms with Crippen LogP contribution < -0.4 is 5.32 Å². The molecule has 4 heterocycles. The Balaban J connectivity index is 1.64. The zero-order valence-electron chi connectivity index (χ0n) is 17.2. The molecule has 6 heteroatoms. The summed E-state index contributed by atoms with van der Waals surface area (Å²) in [5.41, 5.74) is 4.53. The molecule has 2 aliphatic rings. The zero-order chi connectivity index (χ0) is 20.5. The number of hydrogen-bond acceptors (Lipinski definition) is 3. The van der Waals surface area contributed by atoms with Crippen LogP contribution in [0.4, 0.5) is 0 Å². The summed E-state index contributed by atoms with van der Waals surface area (Å²) >= 11 is 5.91. The third-order valence-electron chi connectivity index (χ3n) is 6.42. The molecule has 5 rings (SSSR count). The lowest BCUT2D eigenvalue weighted by molar-refractivity contribution is 0.193. The molecule has 0 bridgehead atoms. The fourth-order valence-corrected chi connectivity index (χ4v) is 5.45. The van der Waals surface area contributed by atoms with Gasteiger partial charge in [-0.05, 0) is 68.4 Å². The first-order valence-corrected chi connectivity index (χ1v) is 11.2. The number of rotatable bonds is 4. The molecule has 1 saturated heterocycles. The minimum Gasteiger partial charge on any atom is -0.352 e. The van der Waals surface area contributed by atoms with Gasteiger partial charge in [-0.3, -0.25) is 9.97 Å². The molecule has 154 valence electrons. The maximum atomic E-state index is 5.91.